The lowest BCUT2D eigenvalue weighted by Crippen LogP contribution is -2.34. The maximum atomic E-state index is 11.4. The number of hydrogen-bond acceptors (Lipinski definition) is 3. The fraction of sp³-hybridized carbons (Fsp3) is 0.700. The van der Waals surface area contributed by atoms with Crippen molar-refractivity contribution >= 4 is 5.91 Å². The highest BCUT2D eigenvalue weighted by Crippen LogP contribution is 2.39. The first-order valence-corrected chi connectivity index (χ1v) is 5.15. The normalized spacial score (nSPS) is 31.4. The van der Waals surface area contributed by atoms with Crippen LogP contribution in [0.3, 0.4) is 0 Å². The highest BCUT2D eigenvalue weighted by atomic mass is 16.8. The van der Waals surface area contributed by atoms with E-state index in [0.29, 0.717) is 5.92 Å². The molecule has 1 heterocycles. The molecule has 0 spiro atoms. The van der Waals surface area contributed by atoms with E-state index in [1.54, 1.807) is 5.06 Å². The summed E-state index contributed by atoms with van der Waals surface area (Å²) in [6.07, 6.45) is 5.04. The van der Waals surface area contributed by atoms with Crippen LogP contribution in [0.1, 0.15) is 19.3 Å². The lowest BCUT2D eigenvalue weighted by Gasteiger charge is -2.13. The van der Waals surface area contributed by atoms with Gasteiger partial charge >= 0.3 is 0 Å². The number of nitrogens with one attached hydrogen (secondary N) is 1. The first-order valence-electron chi connectivity index (χ1n) is 5.15. The van der Waals surface area contributed by atoms with Crippen LogP contribution >= 0.6 is 0 Å². The van der Waals surface area contributed by atoms with Gasteiger partial charge in [-0.2, -0.15) is 10.0 Å². The number of nitrogens with zero attached hydrogens (tertiary/aromatic N) is 1. The van der Waals surface area contributed by atoms with Gasteiger partial charge in [0.2, 0.25) is 5.91 Å². The molecular formula is C10H16N2O2. The van der Waals surface area contributed by atoms with E-state index in [-0.39, 0.29) is 11.8 Å². The van der Waals surface area contributed by atoms with Crippen molar-refractivity contribution in [3.05, 3.63) is 12.7 Å². The minimum absolute atomic E-state index is 0.0122. The zero-order valence-corrected chi connectivity index (χ0v) is 8.24. The standard InChI is InChI=1S/C10H16N2O2/c1-2-8-7-9(8)10(13)11-14-12-5-3-4-6-12/h2,8-9H,1,3-7H2,(H,11,13)/t8-,9?/m1/s1. The fourth-order valence-corrected chi connectivity index (χ4v) is 1.74. The highest BCUT2D eigenvalue weighted by Gasteiger charge is 2.41. The van der Waals surface area contributed by atoms with Crippen molar-refractivity contribution in [2.75, 3.05) is 13.1 Å². The average molecular weight is 196 g/mol. The number of rotatable bonds is 4. The minimum atomic E-state index is -0.0122. The zero-order valence-electron chi connectivity index (χ0n) is 8.24. The topological polar surface area (TPSA) is 41.6 Å². The van der Waals surface area contributed by atoms with Gasteiger partial charge in [-0.1, -0.05) is 6.08 Å². The molecule has 1 aliphatic heterocycles. The molecule has 2 fully saturated rings. The molecule has 0 aromatic heterocycles. The molecule has 1 N–H and O–H groups in total. The second kappa shape index (κ2) is 4.11. The van der Waals surface area contributed by atoms with Crippen molar-refractivity contribution in [3.63, 3.8) is 0 Å². The molecule has 1 amide bonds. The van der Waals surface area contributed by atoms with Gasteiger partial charge in [0.25, 0.3) is 0 Å². The van der Waals surface area contributed by atoms with Crippen molar-refractivity contribution in [2.24, 2.45) is 11.8 Å². The van der Waals surface area contributed by atoms with E-state index in [9.17, 15) is 4.79 Å². The molecule has 4 heteroatoms. The summed E-state index contributed by atoms with van der Waals surface area (Å²) in [6, 6.07) is 0. The SMILES string of the molecule is C=C[C@@H]1CC1C(=O)NON1CCCC1. The van der Waals surface area contributed by atoms with Gasteiger partial charge in [-0.25, -0.2) is 5.48 Å². The molecule has 1 unspecified atom stereocenters. The Labute approximate surface area is 83.8 Å². The van der Waals surface area contributed by atoms with Crippen molar-refractivity contribution in [1.29, 1.82) is 0 Å². The molecule has 1 aliphatic carbocycles. The quantitative estimate of drug-likeness (QED) is 0.536. The van der Waals surface area contributed by atoms with E-state index in [0.717, 1.165) is 32.4 Å². The Kier molecular flexibility index (Phi) is 2.84. The minimum Gasteiger partial charge on any atom is -0.272 e. The van der Waals surface area contributed by atoms with Crippen LogP contribution in [0.5, 0.6) is 0 Å². The van der Waals surface area contributed by atoms with Crippen LogP contribution in [-0.4, -0.2) is 24.1 Å². The van der Waals surface area contributed by atoms with Gasteiger partial charge in [0, 0.05) is 19.0 Å². The molecule has 2 aliphatic rings. The van der Waals surface area contributed by atoms with Crippen LogP contribution in [0, 0.1) is 11.8 Å². The molecule has 0 aromatic carbocycles. The van der Waals surface area contributed by atoms with Gasteiger partial charge in [-0.05, 0) is 25.2 Å². The number of hydrogen-bond donors (Lipinski definition) is 1. The van der Waals surface area contributed by atoms with Crippen molar-refractivity contribution in [3.8, 4) is 0 Å². The summed E-state index contributed by atoms with van der Waals surface area (Å²) in [4.78, 5) is 16.6. The summed E-state index contributed by atoms with van der Waals surface area (Å²) in [6.45, 7) is 5.49. The lowest BCUT2D eigenvalue weighted by atomic mass is 10.3. The zero-order chi connectivity index (χ0) is 9.97. The van der Waals surface area contributed by atoms with Crippen LogP contribution < -0.4 is 5.48 Å². The van der Waals surface area contributed by atoms with Gasteiger partial charge < -0.3 is 0 Å². The Morgan fingerprint density at radius 3 is 2.79 bits per heavy atom. The van der Waals surface area contributed by atoms with Gasteiger partial charge in [0.15, 0.2) is 0 Å². The maximum Gasteiger partial charge on any atom is 0.248 e. The first-order chi connectivity index (χ1) is 6.81. The van der Waals surface area contributed by atoms with Gasteiger partial charge in [0.05, 0.1) is 0 Å². The van der Waals surface area contributed by atoms with E-state index >= 15 is 0 Å². The van der Waals surface area contributed by atoms with E-state index in [1.807, 2.05) is 6.08 Å². The molecule has 0 radical (unpaired) electrons. The van der Waals surface area contributed by atoms with E-state index in [2.05, 4.69) is 12.1 Å². The summed E-state index contributed by atoms with van der Waals surface area (Å²) < 4.78 is 0. The van der Waals surface area contributed by atoms with E-state index in [1.165, 1.54) is 0 Å². The molecule has 1 saturated heterocycles. The molecule has 1 saturated carbocycles. The van der Waals surface area contributed by atoms with Crippen LogP contribution in [-0.2, 0) is 9.73 Å². The molecule has 4 nitrogen and oxygen atoms in total. The summed E-state index contributed by atoms with van der Waals surface area (Å²) in [5.41, 5.74) is 2.49. The predicted octanol–water partition coefficient (Wildman–Crippen LogP) is 0.867. The van der Waals surface area contributed by atoms with Crippen molar-refractivity contribution < 1.29 is 9.73 Å². The Morgan fingerprint density at radius 2 is 2.21 bits per heavy atom. The van der Waals surface area contributed by atoms with Crippen LogP contribution in [0.25, 0.3) is 0 Å². The van der Waals surface area contributed by atoms with Crippen LogP contribution in [0.2, 0.25) is 0 Å². The number of allylic oxidation sites excluding steroid dienone is 1. The Morgan fingerprint density at radius 1 is 1.50 bits per heavy atom. The number of hydroxylamine groups is 3. The second-order valence-corrected chi connectivity index (χ2v) is 3.94. The smallest absolute Gasteiger partial charge is 0.248 e. The number of amides is 1. The first kappa shape index (κ1) is 9.68. The largest absolute Gasteiger partial charge is 0.272 e. The Hall–Kier alpha value is -0.870. The highest BCUT2D eigenvalue weighted by molar-refractivity contribution is 5.80. The third-order valence-corrected chi connectivity index (χ3v) is 2.82. The fourth-order valence-electron chi connectivity index (χ4n) is 1.74. The molecular weight excluding hydrogens is 180 g/mol. The third-order valence-electron chi connectivity index (χ3n) is 2.82. The Bertz CT molecular complexity index is 236. The number of carbonyl (C=O) groups excluding carboxylic acids is 1. The van der Waals surface area contributed by atoms with E-state index in [4.69, 9.17) is 4.94 Å². The van der Waals surface area contributed by atoms with E-state index < -0.39 is 0 Å². The summed E-state index contributed by atoms with van der Waals surface area (Å²) in [7, 11) is 0. The van der Waals surface area contributed by atoms with Gasteiger partial charge in [0.1, 0.15) is 0 Å². The average Bonchev–Trinajstić information content (AvgIpc) is 2.82. The molecule has 0 bridgehead atoms. The molecule has 2 rings (SSSR count). The number of carbonyl (C=O) groups is 1. The summed E-state index contributed by atoms with van der Waals surface area (Å²) >= 11 is 0. The Balaban J connectivity index is 1.65. The lowest BCUT2D eigenvalue weighted by molar-refractivity contribution is -0.202. The van der Waals surface area contributed by atoms with Crippen molar-refractivity contribution in [2.45, 2.75) is 19.3 Å². The predicted molar refractivity (Wildman–Crippen MR) is 51.8 cm³/mol. The second-order valence-electron chi connectivity index (χ2n) is 3.94. The maximum absolute atomic E-state index is 11.4. The summed E-state index contributed by atoms with van der Waals surface area (Å²) in [5, 5.41) is 1.79. The van der Waals surface area contributed by atoms with Crippen molar-refractivity contribution in [1.82, 2.24) is 10.5 Å². The summed E-state index contributed by atoms with van der Waals surface area (Å²) in [5.74, 6) is 0.439. The van der Waals surface area contributed by atoms with Gasteiger partial charge in [-0.3, -0.25) is 4.79 Å². The monoisotopic (exact) mass is 196 g/mol. The van der Waals surface area contributed by atoms with Crippen LogP contribution in [0.4, 0.5) is 0 Å². The molecule has 0 aromatic rings. The van der Waals surface area contributed by atoms with Crippen LogP contribution in [0.15, 0.2) is 12.7 Å². The molecule has 14 heavy (non-hydrogen) atoms. The van der Waals surface area contributed by atoms with Gasteiger partial charge in [-0.15, -0.1) is 6.58 Å². The molecule has 2 atom stereocenters. The third kappa shape index (κ3) is 2.13. The molecule has 78 valence electrons.